The van der Waals surface area contributed by atoms with Crippen molar-refractivity contribution in [3.8, 4) is 0 Å². The molecular formula is C11H13BrO. The first kappa shape index (κ1) is 10.5. The highest BCUT2D eigenvalue weighted by Gasteiger charge is 2.10. The minimum atomic E-state index is -0.0972. The topological polar surface area (TPSA) is 17.1 Å². The summed E-state index contributed by atoms with van der Waals surface area (Å²) in [6.45, 7) is 3.94. The second-order valence-electron chi connectivity index (χ2n) is 3.03. The van der Waals surface area contributed by atoms with Crippen LogP contribution in [0.1, 0.15) is 29.8 Å². The van der Waals surface area contributed by atoms with Crippen LogP contribution >= 0.6 is 15.9 Å². The standard InChI is InChI=1S/C11H13BrO/c1-3-9-4-6-10(7-5-9)11(13)8(2)12/h4-8H,3H2,1-2H3/t8-/m1/s1. The SMILES string of the molecule is CCc1ccc(C(=O)[C@@H](C)Br)cc1. The molecule has 0 aliphatic heterocycles. The molecule has 1 atom stereocenters. The van der Waals surface area contributed by atoms with Crippen LogP contribution in [0.5, 0.6) is 0 Å². The minimum Gasteiger partial charge on any atom is -0.293 e. The van der Waals surface area contributed by atoms with E-state index in [0.29, 0.717) is 0 Å². The summed E-state index contributed by atoms with van der Waals surface area (Å²) in [6, 6.07) is 7.78. The molecule has 0 amide bonds. The van der Waals surface area contributed by atoms with Crippen molar-refractivity contribution in [1.82, 2.24) is 0 Å². The molecule has 0 aromatic heterocycles. The highest BCUT2D eigenvalue weighted by atomic mass is 79.9. The Bertz CT molecular complexity index is 287. The second kappa shape index (κ2) is 4.56. The minimum absolute atomic E-state index is 0.0972. The van der Waals surface area contributed by atoms with E-state index in [2.05, 4.69) is 22.9 Å². The monoisotopic (exact) mass is 240 g/mol. The van der Waals surface area contributed by atoms with E-state index in [1.165, 1.54) is 5.56 Å². The largest absolute Gasteiger partial charge is 0.293 e. The van der Waals surface area contributed by atoms with E-state index in [1.54, 1.807) is 0 Å². The smallest absolute Gasteiger partial charge is 0.176 e. The van der Waals surface area contributed by atoms with Gasteiger partial charge in [-0.15, -0.1) is 0 Å². The Hall–Kier alpha value is -0.630. The van der Waals surface area contributed by atoms with Gasteiger partial charge >= 0.3 is 0 Å². The summed E-state index contributed by atoms with van der Waals surface area (Å²) in [5.41, 5.74) is 2.04. The normalized spacial score (nSPS) is 12.5. The van der Waals surface area contributed by atoms with Crippen molar-refractivity contribution in [3.63, 3.8) is 0 Å². The average molecular weight is 241 g/mol. The molecule has 1 rings (SSSR count). The zero-order chi connectivity index (χ0) is 9.84. The number of alkyl halides is 1. The molecule has 0 unspecified atom stereocenters. The van der Waals surface area contributed by atoms with Crippen LogP contribution in [0.15, 0.2) is 24.3 Å². The summed E-state index contributed by atoms with van der Waals surface area (Å²) in [4.78, 5) is 11.4. The Morgan fingerprint density at radius 3 is 2.31 bits per heavy atom. The van der Waals surface area contributed by atoms with Crippen LogP contribution in [0.2, 0.25) is 0 Å². The lowest BCUT2D eigenvalue weighted by atomic mass is 10.1. The van der Waals surface area contributed by atoms with Crippen LogP contribution < -0.4 is 0 Å². The molecule has 0 bridgehead atoms. The molecule has 13 heavy (non-hydrogen) atoms. The van der Waals surface area contributed by atoms with Crippen LogP contribution in [-0.2, 0) is 6.42 Å². The maximum atomic E-state index is 11.5. The molecule has 0 aliphatic carbocycles. The highest BCUT2D eigenvalue weighted by Crippen LogP contribution is 2.11. The Morgan fingerprint density at radius 2 is 1.92 bits per heavy atom. The van der Waals surface area contributed by atoms with Crippen LogP contribution in [0.25, 0.3) is 0 Å². The quantitative estimate of drug-likeness (QED) is 0.586. The van der Waals surface area contributed by atoms with Gasteiger partial charge in [0.1, 0.15) is 0 Å². The summed E-state index contributed by atoms with van der Waals surface area (Å²) in [5.74, 6) is 0.141. The Morgan fingerprint density at radius 1 is 1.38 bits per heavy atom. The number of hydrogen-bond acceptors (Lipinski definition) is 1. The number of rotatable bonds is 3. The van der Waals surface area contributed by atoms with Crippen LogP contribution in [0.4, 0.5) is 0 Å². The van der Waals surface area contributed by atoms with Gasteiger partial charge in [-0.25, -0.2) is 0 Å². The molecule has 0 aliphatic rings. The van der Waals surface area contributed by atoms with Crippen molar-refractivity contribution >= 4 is 21.7 Å². The number of carbonyl (C=O) groups excluding carboxylic acids is 1. The molecule has 0 saturated heterocycles. The third kappa shape index (κ3) is 2.66. The third-order valence-corrected chi connectivity index (χ3v) is 2.42. The molecule has 0 fully saturated rings. The Kier molecular flexibility index (Phi) is 3.67. The van der Waals surface area contributed by atoms with E-state index in [9.17, 15) is 4.79 Å². The predicted octanol–water partition coefficient (Wildman–Crippen LogP) is 3.22. The van der Waals surface area contributed by atoms with E-state index in [4.69, 9.17) is 0 Å². The Balaban J connectivity index is 2.86. The molecule has 1 aromatic carbocycles. The maximum absolute atomic E-state index is 11.5. The lowest BCUT2D eigenvalue weighted by Crippen LogP contribution is -2.09. The predicted molar refractivity (Wildman–Crippen MR) is 58.5 cm³/mol. The molecule has 0 N–H and O–H groups in total. The summed E-state index contributed by atoms with van der Waals surface area (Å²) in [6.07, 6.45) is 1.01. The second-order valence-corrected chi connectivity index (χ2v) is 4.40. The van der Waals surface area contributed by atoms with Gasteiger partial charge in [-0.2, -0.15) is 0 Å². The van der Waals surface area contributed by atoms with Crippen molar-refractivity contribution in [1.29, 1.82) is 0 Å². The molecular weight excluding hydrogens is 228 g/mol. The number of halogens is 1. The van der Waals surface area contributed by atoms with Gasteiger partial charge in [0.2, 0.25) is 0 Å². The molecule has 0 saturated carbocycles. The number of ketones is 1. The molecule has 0 heterocycles. The fourth-order valence-electron chi connectivity index (χ4n) is 1.13. The molecule has 70 valence electrons. The van der Waals surface area contributed by atoms with Crippen LogP contribution in [0, 0.1) is 0 Å². The summed E-state index contributed by atoms with van der Waals surface area (Å²) >= 11 is 3.26. The number of hydrogen-bond donors (Lipinski definition) is 0. The molecule has 0 spiro atoms. The first-order valence-electron chi connectivity index (χ1n) is 4.42. The highest BCUT2D eigenvalue weighted by molar-refractivity contribution is 9.10. The van der Waals surface area contributed by atoms with Gasteiger partial charge in [0, 0.05) is 5.56 Å². The average Bonchev–Trinajstić information content (AvgIpc) is 2.17. The van der Waals surface area contributed by atoms with Crippen molar-refractivity contribution in [2.75, 3.05) is 0 Å². The van der Waals surface area contributed by atoms with Crippen molar-refractivity contribution in [2.24, 2.45) is 0 Å². The van der Waals surface area contributed by atoms with E-state index in [1.807, 2.05) is 31.2 Å². The zero-order valence-corrected chi connectivity index (χ0v) is 9.47. The number of aryl methyl sites for hydroxylation is 1. The molecule has 2 heteroatoms. The van der Waals surface area contributed by atoms with Crippen molar-refractivity contribution in [3.05, 3.63) is 35.4 Å². The summed E-state index contributed by atoms with van der Waals surface area (Å²) in [7, 11) is 0. The van der Waals surface area contributed by atoms with E-state index >= 15 is 0 Å². The van der Waals surface area contributed by atoms with E-state index < -0.39 is 0 Å². The molecule has 1 nitrogen and oxygen atoms in total. The van der Waals surface area contributed by atoms with Gasteiger partial charge in [0.25, 0.3) is 0 Å². The zero-order valence-electron chi connectivity index (χ0n) is 7.88. The maximum Gasteiger partial charge on any atom is 0.176 e. The van der Waals surface area contributed by atoms with Crippen molar-refractivity contribution in [2.45, 2.75) is 25.1 Å². The van der Waals surface area contributed by atoms with Crippen LogP contribution in [-0.4, -0.2) is 10.6 Å². The van der Waals surface area contributed by atoms with Gasteiger partial charge < -0.3 is 0 Å². The number of Topliss-reactive ketones (excluding diaryl/α,β-unsaturated/α-hetero) is 1. The first-order valence-corrected chi connectivity index (χ1v) is 5.34. The number of benzene rings is 1. The molecule has 1 aromatic rings. The fraction of sp³-hybridized carbons (Fsp3) is 0.364. The van der Waals surface area contributed by atoms with Crippen molar-refractivity contribution < 1.29 is 4.79 Å². The lowest BCUT2D eigenvalue weighted by Gasteiger charge is -2.03. The van der Waals surface area contributed by atoms with Gasteiger partial charge in [-0.3, -0.25) is 4.79 Å². The first-order chi connectivity index (χ1) is 6.15. The van der Waals surface area contributed by atoms with Crippen LogP contribution in [0.3, 0.4) is 0 Å². The van der Waals surface area contributed by atoms with Gasteiger partial charge in [-0.1, -0.05) is 47.1 Å². The van der Waals surface area contributed by atoms with Gasteiger partial charge in [0.05, 0.1) is 4.83 Å². The van der Waals surface area contributed by atoms with E-state index in [-0.39, 0.29) is 10.6 Å². The Labute approximate surface area is 87.3 Å². The summed E-state index contributed by atoms with van der Waals surface area (Å²) in [5, 5.41) is 0. The fourth-order valence-corrected chi connectivity index (χ4v) is 1.40. The van der Waals surface area contributed by atoms with Gasteiger partial charge in [0.15, 0.2) is 5.78 Å². The summed E-state index contributed by atoms with van der Waals surface area (Å²) < 4.78 is 0. The lowest BCUT2D eigenvalue weighted by molar-refractivity contribution is 0.0996. The molecule has 0 radical (unpaired) electrons. The van der Waals surface area contributed by atoms with E-state index in [0.717, 1.165) is 12.0 Å². The van der Waals surface area contributed by atoms with Gasteiger partial charge in [-0.05, 0) is 18.9 Å². The number of carbonyl (C=O) groups is 1. The third-order valence-electron chi connectivity index (χ3n) is 2.01.